The maximum Gasteiger partial charge on any atom is 0.0726 e. The minimum atomic E-state index is -0.225. The van der Waals surface area contributed by atoms with Crippen LogP contribution in [0.25, 0.3) is 22.3 Å². The maximum absolute atomic E-state index is 4.49. The highest BCUT2D eigenvalue weighted by molar-refractivity contribution is 9.10. The largest absolute Gasteiger partial charge is 0.0726 e. The molecule has 10 aliphatic rings. The second-order valence-electron chi connectivity index (χ2n) is 16.6. The molecule has 4 unspecified atom stereocenters. The van der Waals surface area contributed by atoms with Crippen LogP contribution >= 0.6 is 15.9 Å². The van der Waals surface area contributed by atoms with Crippen LogP contribution in [0.4, 0.5) is 0 Å². The van der Waals surface area contributed by atoms with E-state index >= 15 is 0 Å². The number of fused-ring (bicyclic) bond motifs is 10. The number of rotatable bonds is 0. The second kappa shape index (κ2) is 8.19. The zero-order valence-electron chi connectivity index (χ0n) is 25.4. The minimum Gasteiger partial charge on any atom is -0.0619 e. The average Bonchev–Trinajstić information content (AvgIpc) is 3.34. The quantitative estimate of drug-likeness (QED) is 0.156. The topological polar surface area (TPSA) is 0 Å². The first-order valence-corrected chi connectivity index (χ1v) is 18.7. The molecule has 8 bridgehead atoms. The molecule has 4 atom stereocenters. The van der Waals surface area contributed by atoms with Crippen LogP contribution in [0.1, 0.15) is 132 Å². The highest BCUT2D eigenvalue weighted by Crippen LogP contribution is 2.68. The fraction of sp³-hybridized carbons (Fsp3) is 0.442. The number of hydrogen-bond acceptors (Lipinski definition) is 0. The lowest BCUT2D eigenvalue weighted by molar-refractivity contribution is 0.165. The normalized spacial score (nSPS) is 34.7. The molecule has 0 saturated heterocycles. The molecule has 1 spiro atoms. The lowest BCUT2D eigenvalue weighted by atomic mass is 9.66. The SMILES string of the molecule is Brc1c2c(cc3c1C1CC4CC(CC3C4)C1)C1(c3ccccc3-c3ccccc31)c1cc3c(cc1-2)C1CC2CC(C1)CC3C2. The van der Waals surface area contributed by atoms with Gasteiger partial charge < -0.3 is 0 Å². The third kappa shape index (κ3) is 2.82. The van der Waals surface area contributed by atoms with E-state index in [9.17, 15) is 0 Å². The van der Waals surface area contributed by atoms with E-state index in [0.717, 1.165) is 47.3 Å². The van der Waals surface area contributed by atoms with Gasteiger partial charge in [0.2, 0.25) is 0 Å². The van der Waals surface area contributed by atoms with E-state index in [4.69, 9.17) is 0 Å². The van der Waals surface area contributed by atoms with Gasteiger partial charge in [-0.15, -0.1) is 0 Å². The number of halogens is 1. The average molecular weight is 636 g/mol. The van der Waals surface area contributed by atoms with Crippen LogP contribution in [0.5, 0.6) is 0 Å². The summed E-state index contributed by atoms with van der Waals surface area (Å²) in [5, 5.41) is 0. The highest BCUT2D eigenvalue weighted by Gasteiger charge is 2.55. The molecule has 4 aromatic rings. The lowest BCUT2D eigenvalue weighted by Gasteiger charge is -2.38. The Hall–Kier alpha value is -2.64. The van der Waals surface area contributed by atoms with Crippen molar-refractivity contribution < 1.29 is 0 Å². The molecule has 1 heteroatoms. The Labute approximate surface area is 269 Å². The maximum atomic E-state index is 4.49. The van der Waals surface area contributed by atoms with Crippen LogP contribution in [-0.2, 0) is 5.41 Å². The van der Waals surface area contributed by atoms with Crippen molar-refractivity contribution in [2.45, 2.75) is 93.3 Å². The van der Waals surface area contributed by atoms with E-state index in [1.807, 2.05) is 0 Å². The van der Waals surface area contributed by atoms with E-state index in [2.05, 4.69) is 82.7 Å². The summed E-state index contributed by atoms with van der Waals surface area (Å²) in [5.41, 5.74) is 18.9. The Balaban J connectivity index is 1.22. The summed E-state index contributed by atoms with van der Waals surface area (Å²) in [6.07, 6.45) is 14.4. The van der Waals surface area contributed by atoms with Gasteiger partial charge in [-0.2, -0.15) is 0 Å². The molecule has 0 radical (unpaired) electrons. The van der Waals surface area contributed by atoms with Gasteiger partial charge in [0.05, 0.1) is 5.41 Å². The molecule has 4 fully saturated rings. The Morgan fingerprint density at radius 3 is 1.52 bits per heavy atom. The first-order valence-electron chi connectivity index (χ1n) is 17.9. The molecule has 0 aliphatic heterocycles. The standard InChI is InChI=1S/C43H39Br/c44-42-40-29-17-24-10-25(18-29)16-28(15-24)34(40)21-39-41(42)35-19-32-26-11-22-9-23(12-26)14-27(13-22)33(32)20-38(35)43(39)36-7-3-1-5-30(36)31-6-2-4-8-37(31)43/h1-8,19-29H,9-18H2. The molecule has 0 amide bonds. The molecule has 218 valence electrons. The summed E-state index contributed by atoms with van der Waals surface area (Å²) in [5.74, 6) is 6.74. The number of benzene rings is 4. The molecule has 10 aliphatic carbocycles. The van der Waals surface area contributed by atoms with Gasteiger partial charge in [-0.3, -0.25) is 0 Å². The van der Waals surface area contributed by atoms with Crippen molar-refractivity contribution in [1.29, 1.82) is 0 Å². The van der Waals surface area contributed by atoms with Gasteiger partial charge in [-0.1, -0.05) is 66.7 Å². The Morgan fingerprint density at radius 1 is 0.455 bits per heavy atom. The summed E-state index contributed by atoms with van der Waals surface area (Å²) in [4.78, 5) is 0. The second-order valence-corrected chi connectivity index (χ2v) is 17.4. The Kier molecular flexibility index (Phi) is 4.58. The van der Waals surface area contributed by atoms with Gasteiger partial charge in [0.25, 0.3) is 0 Å². The monoisotopic (exact) mass is 634 g/mol. The van der Waals surface area contributed by atoms with Crippen molar-refractivity contribution >= 4 is 15.9 Å². The van der Waals surface area contributed by atoms with Crippen LogP contribution in [0.15, 0.2) is 71.2 Å². The summed E-state index contributed by atoms with van der Waals surface area (Å²) in [6, 6.07) is 27.3. The van der Waals surface area contributed by atoms with Gasteiger partial charge in [0.1, 0.15) is 0 Å². The predicted octanol–water partition coefficient (Wildman–Crippen LogP) is 11.6. The Bertz CT molecular complexity index is 1890. The third-order valence-corrected chi connectivity index (χ3v) is 15.4. The van der Waals surface area contributed by atoms with E-state index < -0.39 is 0 Å². The first kappa shape index (κ1) is 24.6. The van der Waals surface area contributed by atoms with Crippen LogP contribution < -0.4 is 0 Å². The molecule has 14 rings (SSSR count). The smallest absolute Gasteiger partial charge is 0.0619 e. The van der Waals surface area contributed by atoms with Crippen molar-refractivity contribution in [3.63, 3.8) is 0 Å². The van der Waals surface area contributed by atoms with E-state index in [1.54, 1.807) is 44.5 Å². The molecular formula is C43H39Br. The summed E-state index contributed by atoms with van der Waals surface area (Å²) >= 11 is 4.49. The zero-order valence-corrected chi connectivity index (χ0v) is 27.0. The van der Waals surface area contributed by atoms with Gasteiger partial charge in [-0.25, -0.2) is 0 Å². The van der Waals surface area contributed by atoms with E-state index in [-0.39, 0.29) is 5.41 Å². The molecule has 4 saturated carbocycles. The molecule has 0 heterocycles. The summed E-state index contributed by atoms with van der Waals surface area (Å²) in [7, 11) is 0. The van der Waals surface area contributed by atoms with E-state index in [0.29, 0.717) is 0 Å². The molecule has 0 nitrogen and oxygen atoms in total. The zero-order chi connectivity index (χ0) is 28.5. The summed E-state index contributed by atoms with van der Waals surface area (Å²) < 4.78 is 1.47. The molecule has 44 heavy (non-hydrogen) atoms. The van der Waals surface area contributed by atoms with E-state index in [1.165, 1.54) is 90.9 Å². The molecule has 0 N–H and O–H groups in total. The molecule has 4 aromatic carbocycles. The predicted molar refractivity (Wildman–Crippen MR) is 182 cm³/mol. The lowest BCUT2D eigenvalue weighted by Crippen LogP contribution is -2.27. The Morgan fingerprint density at radius 2 is 0.932 bits per heavy atom. The number of hydrogen-bond donors (Lipinski definition) is 0. The van der Waals surface area contributed by atoms with Crippen LogP contribution in [-0.4, -0.2) is 0 Å². The first-order chi connectivity index (χ1) is 21.6. The fourth-order valence-electron chi connectivity index (χ4n) is 13.5. The summed E-state index contributed by atoms with van der Waals surface area (Å²) in [6.45, 7) is 0. The molecule has 0 aromatic heterocycles. The van der Waals surface area contributed by atoms with Gasteiger partial charge >= 0.3 is 0 Å². The van der Waals surface area contributed by atoms with Crippen LogP contribution in [0, 0.1) is 23.7 Å². The highest BCUT2D eigenvalue weighted by atomic mass is 79.9. The third-order valence-electron chi connectivity index (χ3n) is 14.6. The van der Waals surface area contributed by atoms with Crippen molar-refractivity contribution in [2.75, 3.05) is 0 Å². The van der Waals surface area contributed by atoms with Crippen LogP contribution in [0.2, 0.25) is 0 Å². The van der Waals surface area contributed by atoms with Gasteiger partial charge in [0.15, 0.2) is 0 Å². The minimum absolute atomic E-state index is 0.225. The van der Waals surface area contributed by atoms with Crippen molar-refractivity contribution in [1.82, 2.24) is 0 Å². The van der Waals surface area contributed by atoms with Gasteiger partial charge in [-0.05, 0) is 189 Å². The van der Waals surface area contributed by atoms with Crippen molar-refractivity contribution in [3.8, 4) is 22.3 Å². The molecular weight excluding hydrogens is 596 g/mol. The van der Waals surface area contributed by atoms with Gasteiger partial charge in [0, 0.05) is 10.0 Å². The van der Waals surface area contributed by atoms with Crippen molar-refractivity contribution in [2.24, 2.45) is 23.7 Å². The fourth-order valence-corrected chi connectivity index (χ4v) is 14.5. The van der Waals surface area contributed by atoms with Crippen molar-refractivity contribution in [3.05, 3.63) is 116 Å². The van der Waals surface area contributed by atoms with Crippen LogP contribution in [0.3, 0.4) is 0 Å².